The number of carboxylic acids is 1. The molecule has 7 nitrogen and oxygen atoms in total. The van der Waals surface area contributed by atoms with Gasteiger partial charge in [0, 0.05) is 0 Å². The Kier molecular flexibility index (Phi) is 8.24. The Balaban J connectivity index is 7.02. The summed E-state index contributed by atoms with van der Waals surface area (Å²) < 4.78 is 147. The molecular weight excluding hydrogens is 493 g/mol. The van der Waals surface area contributed by atoms with Crippen LogP contribution < -0.4 is 0 Å². The van der Waals surface area contributed by atoms with Gasteiger partial charge in [-0.3, -0.25) is 0 Å². The molecule has 1 unspecified atom stereocenters. The number of aliphatic carboxylic acids is 1. The van der Waals surface area contributed by atoms with E-state index in [1.807, 2.05) is 0 Å². The van der Waals surface area contributed by atoms with E-state index in [1.54, 1.807) is 0 Å². The standard InChI is InChI=1S/C15H20F9NO6S/c1-7(2)6-8(9(26)27)25(10(28)31-11(3,4)5)32(29,30)15(23,24)13(18,19)12(16,17)14(20,21)22/h7-8H,6H2,1-5H3,(H,26,27). The van der Waals surface area contributed by atoms with Crippen molar-refractivity contribution in [3.8, 4) is 0 Å². The van der Waals surface area contributed by atoms with Crippen molar-refractivity contribution in [2.24, 2.45) is 5.92 Å². The van der Waals surface area contributed by atoms with Crippen LogP contribution in [-0.2, 0) is 19.6 Å². The molecule has 0 aliphatic carbocycles. The van der Waals surface area contributed by atoms with Gasteiger partial charge < -0.3 is 9.84 Å². The van der Waals surface area contributed by atoms with Crippen LogP contribution in [0.1, 0.15) is 41.0 Å². The summed E-state index contributed by atoms with van der Waals surface area (Å²) in [4.78, 5) is 23.7. The molecule has 0 saturated carbocycles. The summed E-state index contributed by atoms with van der Waals surface area (Å²) in [5.41, 5.74) is -1.75. The third-order valence-electron chi connectivity index (χ3n) is 3.54. The number of alkyl halides is 9. The number of carbonyl (C=O) groups excluding carboxylic acids is 1. The van der Waals surface area contributed by atoms with Gasteiger partial charge in [0.25, 0.3) is 0 Å². The summed E-state index contributed by atoms with van der Waals surface area (Å²) in [6.45, 7) is 5.40. The van der Waals surface area contributed by atoms with E-state index in [-0.39, 0.29) is 0 Å². The van der Waals surface area contributed by atoms with Crippen molar-refractivity contribution in [2.45, 2.75) is 76.0 Å². The molecule has 0 bridgehead atoms. The Bertz CT molecular complexity index is 818. The van der Waals surface area contributed by atoms with E-state index in [2.05, 4.69) is 4.74 Å². The molecule has 0 aliphatic heterocycles. The summed E-state index contributed by atoms with van der Waals surface area (Å²) in [6.07, 6.45) is -10.8. The van der Waals surface area contributed by atoms with Crippen molar-refractivity contribution in [3.05, 3.63) is 0 Å². The smallest absolute Gasteiger partial charge is 0.460 e. The highest BCUT2D eigenvalue weighted by atomic mass is 32.2. The summed E-state index contributed by atoms with van der Waals surface area (Å²) in [5.74, 6) is -18.5. The molecule has 0 rings (SSSR count). The molecule has 0 aromatic rings. The molecule has 190 valence electrons. The SMILES string of the molecule is CC(C)CC(C(=O)O)N(C(=O)OC(C)(C)C)S(=O)(=O)C(F)(F)C(F)(F)C(F)(F)C(F)(F)F. The highest BCUT2D eigenvalue weighted by Crippen LogP contribution is 2.55. The third-order valence-corrected chi connectivity index (χ3v) is 5.36. The first-order chi connectivity index (χ1) is 13.8. The maximum Gasteiger partial charge on any atom is 0.460 e. The minimum absolute atomic E-state index is 0.915. The number of hydrogen-bond donors (Lipinski definition) is 1. The number of carboxylic acid groups (broad SMARTS) is 1. The van der Waals surface area contributed by atoms with Crippen LogP contribution in [0.15, 0.2) is 0 Å². The lowest BCUT2D eigenvalue weighted by atomic mass is 10.0. The Morgan fingerprint density at radius 3 is 1.59 bits per heavy atom. The average Bonchev–Trinajstić information content (AvgIpc) is 2.49. The van der Waals surface area contributed by atoms with E-state index < -0.39 is 73.6 Å². The number of sulfonamides is 1. The molecule has 0 saturated heterocycles. The van der Waals surface area contributed by atoms with Crippen LogP contribution in [0.5, 0.6) is 0 Å². The molecule has 17 heteroatoms. The van der Waals surface area contributed by atoms with E-state index in [4.69, 9.17) is 0 Å². The van der Waals surface area contributed by atoms with E-state index >= 15 is 0 Å². The Morgan fingerprint density at radius 1 is 0.906 bits per heavy atom. The first-order valence-electron chi connectivity index (χ1n) is 8.45. The van der Waals surface area contributed by atoms with E-state index in [9.17, 15) is 62.6 Å². The maximum absolute atomic E-state index is 14.2. The quantitative estimate of drug-likeness (QED) is 0.481. The van der Waals surface area contributed by atoms with Crippen LogP contribution in [0.2, 0.25) is 0 Å². The zero-order valence-electron chi connectivity index (χ0n) is 17.1. The lowest BCUT2D eigenvalue weighted by Gasteiger charge is -2.37. The average molecular weight is 513 g/mol. The van der Waals surface area contributed by atoms with Gasteiger partial charge in [0.2, 0.25) is 0 Å². The summed E-state index contributed by atoms with van der Waals surface area (Å²) >= 11 is 0. The molecule has 0 heterocycles. The predicted octanol–water partition coefficient (Wildman–Crippen LogP) is 4.48. The van der Waals surface area contributed by atoms with Gasteiger partial charge in [-0.05, 0) is 33.1 Å². The fraction of sp³-hybridized carbons (Fsp3) is 0.867. The van der Waals surface area contributed by atoms with Crippen molar-refractivity contribution in [3.63, 3.8) is 0 Å². The fourth-order valence-electron chi connectivity index (χ4n) is 2.09. The molecule has 1 atom stereocenters. The molecule has 32 heavy (non-hydrogen) atoms. The van der Waals surface area contributed by atoms with Crippen LogP contribution in [0, 0.1) is 5.92 Å². The lowest BCUT2D eigenvalue weighted by Crippen LogP contribution is -2.67. The van der Waals surface area contributed by atoms with Crippen molar-refractivity contribution < 1.29 is 67.4 Å². The Labute approximate surface area is 176 Å². The second kappa shape index (κ2) is 8.78. The summed E-state index contributed by atoms with van der Waals surface area (Å²) in [6, 6.07) is -2.91. The van der Waals surface area contributed by atoms with Gasteiger partial charge in [-0.2, -0.15) is 52.2 Å². The zero-order valence-corrected chi connectivity index (χ0v) is 17.9. The predicted molar refractivity (Wildman–Crippen MR) is 88.8 cm³/mol. The van der Waals surface area contributed by atoms with Crippen LogP contribution in [0.3, 0.4) is 0 Å². The molecule has 0 aromatic carbocycles. The van der Waals surface area contributed by atoms with Crippen molar-refractivity contribution in [2.75, 3.05) is 0 Å². The van der Waals surface area contributed by atoms with Gasteiger partial charge >= 0.3 is 45.4 Å². The Hall–Kier alpha value is -1.94. The Morgan fingerprint density at radius 2 is 1.31 bits per heavy atom. The number of amides is 1. The summed E-state index contributed by atoms with van der Waals surface area (Å²) in [7, 11) is -7.55. The van der Waals surface area contributed by atoms with Crippen molar-refractivity contribution in [1.29, 1.82) is 0 Å². The van der Waals surface area contributed by atoms with E-state index in [0.29, 0.717) is 0 Å². The topological polar surface area (TPSA) is 101 Å². The highest BCUT2D eigenvalue weighted by Gasteiger charge is 2.86. The van der Waals surface area contributed by atoms with Gasteiger partial charge in [0.15, 0.2) is 0 Å². The van der Waals surface area contributed by atoms with Gasteiger partial charge in [-0.15, -0.1) is 0 Å². The minimum Gasteiger partial charge on any atom is -0.480 e. The second-order valence-corrected chi connectivity index (χ2v) is 9.78. The first kappa shape index (κ1) is 30.1. The molecule has 1 N–H and O–H groups in total. The highest BCUT2D eigenvalue weighted by molar-refractivity contribution is 7.90. The molecule has 0 spiro atoms. The third kappa shape index (κ3) is 5.51. The first-order valence-corrected chi connectivity index (χ1v) is 9.89. The van der Waals surface area contributed by atoms with Gasteiger partial charge in [0.05, 0.1) is 0 Å². The van der Waals surface area contributed by atoms with E-state index in [0.717, 1.165) is 20.8 Å². The molecule has 0 aromatic heterocycles. The lowest BCUT2D eigenvalue weighted by molar-refractivity contribution is -0.382. The number of halogens is 9. The largest absolute Gasteiger partial charge is 0.480 e. The number of nitrogens with zero attached hydrogens (tertiary/aromatic N) is 1. The second-order valence-electron chi connectivity index (χ2n) is 7.93. The fourth-order valence-corrected chi connectivity index (χ4v) is 3.53. The van der Waals surface area contributed by atoms with Crippen molar-refractivity contribution >= 4 is 22.1 Å². The molecule has 0 aliphatic rings. The molecule has 0 fully saturated rings. The molecular formula is C15H20F9NO6S. The zero-order chi connectivity index (χ0) is 26.3. The van der Waals surface area contributed by atoms with Crippen LogP contribution in [0.4, 0.5) is 44.3 Å². The monoisotopic (exact) mass is 513 g/mol. The normalized spacial score (nSPS) is 15.5. The molecule has 0 radical (unpaired) electrons. The molecule has 1 amide bonds. The maximum atomic E-state index is 14.2. The number of hydrogen-bond acceptors (Lipinski definition) is 5. The van der Waals surface area contributed by atoms with Crippen LogP contribution in [0.25, 0.3) is 0 Å². The van der Waals surface area contributed by atoms with Crippen LogP contribution in [-0.4, -0.2) is 64.8 Å². The van der Waals surface area contributed by atoms with Crippen LogP contribution >= 0.6 is 0 Å². The van der Waals surface area contributed by atoms with E-state index in [1.165, 1.54) is 13.8 Å². The van der Waals surface area contributed by atoms with Gasteiger partial charge in [-0.1, -0.05) is 13.8 Å². The number of rotatable bonds is 8. The number of carbonyl (C=O) groups is 2. The summed E-state index contributed by atoms with van der Waals surface area (Å²) in [5, 5.41) is 1.88. The van der Waals surface area contributed by atoms with Gasteiger partial charge in [-0.25, -0.2) is 9.59 Å². The minimum atomic E-state index is -7.65. The van der Waals surface area contributed by atoms with Crippen molar-refractivity contribution in [1.82, 2.24) is 4.31 Å². The number of ether oxygens (including phenoxy) is 1. The van der Waals surface area contributed by atoms with Gasteiger partial charge in [0.1, 0.15) is 11.6 Å².